The van der Waals surface area contributed by atoms with Crippen molar-refractivity contribution in [2.75, 3.05) is 13.6 Å². The summed E-state index contributed by atoms with van der Waals surface area (Å²) in [6.45, 7) is 7.17. The van der Waals surface area contributed by atoms with Gasteiger partial charge in [-0.25, -0.2) is 4.98 Å². The van der Waals surface area contributed by atoms with Gasteiger partial charge >= 0.3 is 0 Å². The number of nitrogens with zero attached hydrogens (tertiary/aromatic N) is 2. The molecule has 1 N–H and O–H groups in total. The highest BCUT2D eigenvalue weighted by Crippen LogP contribution is 2.14. The molecule has 1 rings (SSSR count). The molecule has 0 aliphatic rings. The zero-order chi connectivity index (χ0) is 10.8. The normalized spacial score (nSPS) is 12.4. The molecule has 14 heavy (non-hydrogen) atoms. The molecule has 80 valence electrons. The fourth-order valence-electron chi connectivity index (χ4n) is 1.46. The number of aromatic nitrogens is 1. The van der Waals surface area contributed by atoms with Crippen molar-refractivity contribution in [1.82, 2.24) is 9.88 Å². The third kappa shape index (κ3) is 4.17. The van der Waals surface area contributed by atoms with Crippen LogP contribution in [-0.2, 0) is 6.54 Å². The summed E-state index contributed by atoms with van der Waals surface area (Å²) in [6.07, 6.45) is 1.90. The third-order valence-corrected chi connectivity index (χ3v) is 2.65. The second kappa shape index (κ2) is 4.38. The average molecular weight is 214 g/mol. The van der Waals surface area contributed by atoms with Crippen LogP contribution in [0, 0.1) is 6.92 Å². The van der Waals surface area contributed by atoms with E-state index in [0.717, 1.165) is 11.6 Å². The van der Waals surface area contributed by atoms with E-state index in [1.807, 2.05) is 34.0 Å². The fraction of sp³-hybridized carbons (Fsp3) is 0.700. The van der Waals surface area contributed by atoms with Gasteiger partial charge in [-0.1, -0.05) is 0 Å². The number of aryl methyl sites for hydroxylation is 1. The number of rotatable bonds is 4. The molecule has 0 aliphatic carbocycles. The van der Waals surface area contributed by atoms with Crippen molar-refractivity contribution >= 4 is 11.3 Å². The topological polar surface area (TPSA) is 36.4 Å². The second-order valence-electron chi connectivity index (χ2n) is 4.33. The average Bonchev–Trinajstić information content (AvgIpc) is 2.30. The Balaban J connectivity index is 2.45. The van der Waals surface area contributed by atoms with Gasteiger partial charge in [0.2, 0.25) is 0 Å². The standard InChI is InChI=1S/C10H18N2OS/c1-8-11-5-9(14-8)6-12(4)7-10(2,3)13/h5,13H,6-7H2,1-4H3. The zero-order valence-electron chi connectivity index (χ0n) is 9.24. The maximum atomic E-state index is 9.62. The Morgan fingerprint density at radius 3 is 2.64 bits per heavy atom. The van der Waals surface area contributed by atoms with Gasteiger partial charge in [0.25, 0.3) is 0 Å². The van der Waals surface area contributed by atoms with E-state index in [1.165, 1.54) is 4.88 Å². The summed E-state index contributed by atoms with van der Waals surface area (Å²) >= 11 is 1.71. The molecular weight excluding hydrogens is 196 g/mol. The molecule has 0 radical (unpaired) electrons. The Hall–Kier alpha value is -0.450. The molecule has 3 nitrogen and oxygen atoms in total. The van der Waals surface area contributed by atoms with Gasteiger partial charge in [0.1, 0.15) is 0 Å². The summed E-state index contributed by atoms with van der Waals surface area (Å²) in [7, 11) is 2.01. The van der Waals surface area contributed by atoms with Gasteiger partial charge in [-0.3, -0.25) is 4.90 Å². The minimum atomic E-state index is -0.630. The molecule has 1 aromatic rings. The lowest BCUT2D eigenvalue weighted by Gasteiger charge is -2.24. The van der Waals surface area contributed by atoms with E-state index in [9.17, 15) is 5.11 Å². The predicted octanol–water partition coefficient (Wildman–Crippen LogP) is 1.65. The molecule has 0 unspecified atom stereocenters. The summed E-state index contributed by atoms with van der Waals surface area (Å²) in [4.78, 5) is 7.54. The first kappa shape index (κ1) is 11.6. The van der Waals surface area contributed by atoms with Gasteiger partial charge in [0.15, 0.2) is 0 Å². The molecular formula is C10H18N2OS. The first-order valence-electron chi connectivity index (χ1n) is 4.69. The van der Waals surface area contributed by atoms with E-state index in [-0.39, 0.29) is 0 Å². The zero-order valence-corrected chi connectivity index (χ0v) is 10.1. The van der Waals surface area contributed by atoms with E-state index in [1.54, 1.807) is 11.3 Å². The summed E-state index contributed by atoms with van der Waals surface area (Å²) in [5.41, 5.74) is -0.630. The minimum Gasteiger partial charge on any atom is -0.389 e. The maximum absolute atomic E-state index is 9.62. The number of thiazole rings is 1. The van der Waals surface area contributed by atoms with Crippen molar-refractivity contribution in [3.63, 3.8) is 0 Å². The van der Waals surface area contributed by atoms with Crippen molar-refractivity contribution in [3.05, 3.63) is 16.1 Å². The predicted molar refractivity (Wildman–Crippen MR) is 59.5 cm³/mol. The molecule has 0 atom stereocenters. The first-order valence-corrected chi connectivity index (χ1v) is 5.51. The lowest BCUT2D eigenvalue weighted by atomic mass is 10.1. The van der Waals surface area contributed by atoms with Gasteiger partial charge in [0, 0.05) is 24.2 Å². The number of hydrogen-bond donors (Lipinski definition) is 1. The summed E-state index contributed by atoms with van der Waals surface area (Å²) in [6, 6.07) is 0. The van der Waals surface area contributed by atoms with Gasteiger partial charge < -0.3 is 5.11 Å². The smallest absolute Gasteiger partial charge is 0.0897 e. The molecule has 0 aromatic carbocycles. The Kier molecular flexibility index (Phi) is 3.64. The van der Waals surface area contributed by atoms with Crippen LogP contribution in [0.1, 0.15) is 23.7 Å². The third-order valence-electron chi connectivity index (χ3n) is 1.75. The van der Waals surface area contributed by atoms with E-state index in [2.05, 4.69) is 9.88 Å². The molecule has 0 aliphatic heterocycles. The summed E-state index contributed by atoms with van der Waals surface area (Å²) < 4.78 is 0. The van der Waals surface area contributed by atoms with Crippen LogP contribution in [0.25, 0.3) is 0 Å². The Morgan fingerprint density at radius 2 is 2.21 bits per heavy atom. The van der Waals surface area contributed by atoms with E-state index >= 15 is 0 Å². The van der Waals surface area contributed by atoms with Gasteiger partial charge in [-0.2, -0.15) is 0 Å². The maximum Gasteiger partial charge on any atom is 0.0897 e. The van der Waals surface area contributed by atoms with Gasteiger partial charge in [0.05, 0.1) is 10.6 Å². The van der Waals surface area contributed by atoms with Crippen LogP contribution in [-0.4, -0.2) is 34.2 Å². The van der Waals surface area contributed by atoms with E-state index in [4.69, 9.17) is 0 Å². The minimum absolute atomic E-state index is 0.630. The second-order valence-corrected chi connectivity index (χ2v) is 5.65. The van der Waals surface area contributed by atoms with Crippen LogP contribution in [0.2, 0.25) is 0 Å². The summed E-state index contributed by atoms with van der Waals surface area (Å²) in [5, 5.41) is 10.7. The lowest BCUT2D eigenvalue weighted by molar-refractivity contribution is 0.0427. The molecule has 0 spiro atoms. The van der Waals surface area contributed by atoms with E-state index < -0.39 is 5.60 Å². The van der Waals surface area contributed by atoms with Crippen molar-refractivity contribution in [1.29, 1.82) is 0 Å². The van der Waals surface area contributed by atoms with Crippen LogP contribution in [0.5, 0.6) is 0 Å². The van der Waals surface area contributed by atoms with Crippen molar-refractivity contribution in [3.8, 4) is 0 Å². The van der Waals surface area contributed by atoms with Crippen molar-refractivity contribution < 1.29 is 5.11 Å². The summed E-state index contributed by atoms with van der Waals surface area (Å²) in [5.74, 6) is 0. The number of hydrogen-bond acceptors (Lipinski definition) is 4. The highest BCUT2D eigenvalue weighted by atomic mass is 32.1. The molecule has 0 saturated carbocycles. The van der Waals surface area contributed by atoms with E-state index in [0.29, 0.717) is 6.54 Å². The van der Waals surface area contributed by atoms with Crippen molar-refractivity contribution in [2.45, 2.75) is 32.9 Å². The quantitative estimate of drug-likeness (QED) is 0.828. The van der Waals surface area contributed by atoms with Gasteiger partial charge in [-0.05, 0) is 27.8 Å². The largest absolute Gasteiger partial charge is 0.389 e. The van der Waals surface area contributed by atoms with Crippen LogP contribution in [0.3, 0.4) is 0 Å². The Bertz CT molecular complexity index is 291. The monoisotopic (exact) mass is 214 g/mol. The van der Waals surface area contributed by atoms with Crippen LogP contribution >= 0.6 is 11.3 Å². The van der Waals surface area contributed by atoms with Crippen LogP contribution < -0.4 is 0 Å². The van der Waals surface area contributed by atoms with Crippen LogP contribution in [0.15, 0.2) is 6.20 Å². The molecule has 0 saturated heterocycles. The first-order chi connectivity index (χ1) is 6.37. The fourth-order valence-corrected chi connectivity index (χ4v) is 2.34. The van der Waals surface area contributed by atoms with Crippen LogP contribution in [0.4, 0.5) is 0 Å². The number of aliphatic hydroxyl groups is 1. The molecule has 0 fully saturated rings. The molecule has 0 bridgehead atoms. The molecule has 1 heterocycles. The molecule has 0 amide bonds. The number of likely N-dealkylation sites (N-methyl/N-ethyl adjacent to an activating group) is 1. The lowest BCUT2D eigenvalue weighted by Crippen LogP contribution is -2.35. The Labute approximate surface area is 89.4 Å². The highest BCUT2D eigenvalue weighted by molar-refractivity contribution is 7.11. The SMILES string of the molecule is Cc1ncc(CN(C)CC(C)(C)O)s1. The van der Waals surface area contributed by atoms with Crippen molar-refractivity contribution in [2.24, 2.45) is 0 Å². The molecule has 1 aromatic heterocycles. The highest BCUT2D eigenvalue weighted by Gasteiger charge is 2.15. The Morgan fingerprint density at radius 1 is 1.57 bits per heavy atom. The van der Waals surface area contributed by atoms with Gasteiger partial charge in [-0.15, -0.1) is 11.3 Å². The molecule has 4 heteroatoms.